The van der Waals surface area contributed by atoms with Gasteiger partial charge in [0.1, 0.15) is 24.4 Å². The van der Waals surface area contributed by atoms with E-state index in [0.29, 0.717) is 12.3 Å². The van der Waals surface area contributed by atoms with E-state index in [1.54, 1.807) is 34.6 Å². The number of hydrogen-bond donors (Lipinski definition) is 1. The Labute approximate surface area is 124 Å². The molecule has 118 valence electrons. The van der Waals surface area contributed by atoms with E-state index in [1.165, 1.54) is 4.90 Å². The van der Waals surface area contributed by atoms with Crippen LogP contribution in [-0.4, -0.2) is 70.3 Å². The van der Waals surface area contributed by atoms with Crippen molar-refractivity contribution in [1.29, 1.82) is 0 Å². The molecule has 0 radical (unpaired) electrons. The number of methoxy groups -OCH3 is 3. The SMILES string of the molecule is C=C1NC(=O)N(C)C=C1[C@@H]1O[C@H](COC)C(OC)[C@@H]1OC. The highest BCUT2D eigenvalue weighted by molar-refractivity contribution is 5.80. The van der Waals surface area contributed by atoms with Gasteiger partial charge in [-0.15, -0.1) is 0 Å². The molecule has 0 spiro atoms. The fourth-order valence-corrected chi connectivity index (χ4v) is 2.70. The van der Waals surface area contributed by atoms with Crippen molar-refractivity contribution in [3.05, 3.63) is 24.0 Å². The van der Waals surface area contributed by atoms with Gasteiger partial charge in [0, 0.05) is 45.8 Å². The Morgan fingerprint density at radius 3 is 2.57 bits per heavy atom. The maximum Gasteiger partial charge on any atom is 0.325 e. The van der Waals surface area contributed by atoms with Gasteiger partial charge in [-0.1, -0.05) is 6.58 Å². The summed E-state index contributed by atoms with van der Waals surface area (Å²) in [6.45, 7) is 4.28. The van der Waals surface area contributed by atoms with Crippen LogP contribution < -0.4 is 5.32 Å². The first kappa shape index (κ1) is 16.0. The molecule has 2 aliphatic rings. The Morgan fingerprint density at radius 2 is 2.00 bits per heavy atom. The average molecular weight is 298 g/mol. The van der Waals surface area contributed by atoms with Crippen molar-refractivity contribution in [3.63, 3.8) is 0 Å². The summed E-state index contributed by atoms with van der Waals surface area (Å²) >= 11 is 0. The number of carbonyl (C=O) groups is 1. The number of rotatable bonds is 5. The van der Waals surface area contributed by atoms with Gasteiger partial charge < -0.3 is 29.2 Å². The summed E-state index contributed by atoms with van der Waals surface area (Å²) in [6, 6.07) is -0.229. The van der Waals surface area contributed by atoms with Gasteiger partial charge in [0.25, 0.3) is 0 Å². The summed E-state index contributed by atoms with van der Waals surface area (Å²) in [5.41, 5.74) is 1.28. The predicted molar refractivity (Wildman–Crippen MR) is 75.6 cm³/mol. The van der Waals surface area contributed by atoms with Gasteiger partial charge >= 0.3 is 6.03 Å². The van der Waals surface area contributed by atoms with Crippen LogP contribution in [0.15, 0.2) is 24.0 Å². The lowest BCUT2D eigenvalue weighted by Crippen LogP contribution is -2.43. The first-order valence-electron chi connectivity index (χ1n) is 6.68. The van der Waals surface area contributed by atoms with Crippen molar-refractivity contribution in [3.8, 4) is 0 Å². The molecule has 0 bridgehead atoms. The maximum atomic E-state index is 11.6. The quantitative estimate of drug-likeness (QED) is 0.799. The molecule has 4 atom stereocenters. The molecular formula is C14H22N2O5. The van der Waals surface area contributed by atoms with E-state index in [-0.39, 0.29) is 30.4 Å². The van der Waals surface area contributed by atoms with Crippen LogP contribution in [0.25, 0.3) is 0 Å². The van der Waals surface area contributed by atoms with Crippen LogP contribution in [0.4, 0.5) is 4.79 Å². The lowest BCUT2D eigenvalue weighted by atomic mass is 9.99. The molecule has 2 rings (SSSR count). The lowest BCUT2D eigenvalue weighted by molar-refractivity contribution is -0.0468. The molecule has 0 aromatic heterocycles. The third-order valence-electron chi connectivity index (χ3n) is 3.75. The van der Waals surface area contributed by atoms with Gasteiger partial charge in [-0.3, -0.25) is 0 Å². The van der Waals surface area contributed by atoms with Crippen molar-refractivity contribution in [2.75, 3.05) is 35.0 Å². The Balaban J connectivity index is 2.27. The molecule has 1 N–H and O–H groups in total. The Hall–Kier alpha value is -1.41. The molecule has 2 amide bonds. The highest BCUT2D eigenvalue weighted by Gasteiger charge is 2.48. The minimum absolute atomic E-state index is 0.229. The highest BCUT2D eigenvalue weighted by Crippen LogP contribution is 2.33. The molecule has 0 aromatic rings. The molecule has 7 heteroatoms. The molecular weight excluding hydrogens is 276 g/mol. The highest BCUT2D eigenvalue weighted by atomic mass is 16.6. The van der Waals surface area contributed by atoms with Crippen LogP contribution in [0.1, 0.15) is 0 Å². The second-order valence-corrected chi connectivity index (χ2v) is 5.06. The lowest BCUT2D eigenvalue weighted by Gasteiger charge is -2.29. The number of hydrogen-bond acceptors (Lipinski definition) is 5. The van der Waals surface area contributed by atoms with E-state index in [1.807, 2.05) is 0 Å². The minimum Gasteiger partial charge on any atom is -0.382 e. The van der Waals surface area contributed by atoms with E-state index in [0.717, 1.165) is 5.57 Å². The molecule has 21 heavy (non-hydrogen) atoms. The second kappa shape index (κ2) is 6.57. The third kappa shape index (κ3) is 2.96. The zero-order valence-electron chi connectivity index (χ0n) is 12.8. The van der Waals surface area contributed by atoms with Crippen LogP contribution in [0, 0.1) is 0 Å². The summed E-state index contributed by atoms with van der Waals surface area (Å²) in [7, 11) is 6.50. The molecule has 0 saturated carbocycles. The number of ether oxygens (including phenoxy) is 4. The Kier molecular flexibility index (Phi) is 5.00. The van der Waals surface area contributed by atoms with Crippen LogP contribution in [-0.2, 0) is 18.9 Å². The van der Waals surface area contributed by atoms with E-state index in [4.69, 9.17) is 18.9 Å². The van der Waals surface area contributed by atoms with Crippen molar-refractivity contribution in [2.24, 2.45) is 0 Å². The van der Waals surface area contributed by atoms with Gasteiger partial charge in [0.2, 0.25) is 0 Å². The fourth-order valence-electron chi connectivity index (χ4n) is 2.70. The number of nitrogens with one attached hydrogen (secondary N) is 1. The summed E-state index contributed by atoms with van der Waals surface area (Å²) < 4.78 is 22.2. The summed E-state index contributed by atoms with van der Waals surface area (Å²) in [4.78, 5) is 13.0. The summed E-state index contributed by atoms with van der Waals surface area (Å²) in [6.07, 6.45) is 0.528. The number of nitrogens with zero attached hydrogens (tertiary/aromatic N) is 1. The number of urea groups is 1. The van der Waals surface area contributed by atoms with E-state index in [2.05, 4.69) is 11.9 Å². The molecule has 2 aliphatic heterocycles. The molecule has 1 saturated heterocycles. The normalized spacial score (nSPS) is 33.1. The van der Waals surface area contributed by atoms with Crippen LogP contribution in [0.5, 0.6) is 0 Å². The van der Waals surface area contributed by atoms with E-state index < -0.39 is 0 Å². The van der Waals surface area contributed by atoms with Crippen molar-refractivity contribution in [2.45, 2.75) is 24.4 Å². The van der Waals surface area contributed by atoms with Crippen LogP contribution in [0.3, 0.4) is 0 Å². The zero-order valence-corrected chi connectivity index (χ0v) is 12.8. The van der Waals surface area contributed by atoms with Crippen molar-refractivity contribution >= 4 is 6.03 Å². The molecule has 0 aliphatic carbocycles. The smallest absolute Gasteiger partial charge is 0.325 e. The molecule has 1 fully saturated rings. The van der Waals surface area contributed by atoms with Gasteiger partial charge in [-0.25, -0.2) is 4.79 Å². The van der Waals surface area contributed by atoms with Gasteiger partial charge in [-0.2, -0.15) is 0 Å². The van der Waals surface area contributed by atoms with Gasteiger partial charge in [-0.05, 0) is 0 Å². The van der Waals surface area contributed by atoms with E-state index >= 15 is 0 Å². The summed E-state index contributed by atoms with van der Waals surface area (Å²) in [5.74, 6) is 0. The largest absolute Gasteiger partial charge is 0.382 e. The minimum atomic E-state index is -0.379. The van der Waals surface area contributed by atoms with Gasteiger partial charge in [0.05, 0.1) is 6.61 Å². The second-order valence-electron chi connectivity index (χ2n) is 5.06. The number of amides is 2. The molecule has 2 heterocycles. The average Bonchev–Trinajstić information content (AvgIpc) is 2.80. The van der Waals surface area contributed by atoms with Crippen molar-refractivity contribution < 1.29 is 23.7 Å². The fraction of sp³-hybridized carbons (Fsp3) is 0.643. The predicted octanol–water partition coefficient (Wildman–Crippen LogP) is 0.483. The first-order valence-corrected chi connectivity index (χ1v) is 6.68. The number of carbonyl (C=O) groups excluding carboxylic acids is 1. The maximum absolute atomic E-state index is 11.6. The topological polar surface area (TPSA) is 69.3 Å². The standard InChI is InChI=1S/C14H22N2O5/c1-8-9(6-16(2)14(17)15-8)11-13(20-5)12(19-4)10(21-11)7-18-3/h6,10-13H,1,7H2,2-5H3,(H,15,17)/t10-,11+,12?,13-/m1/s1. The van der Waals surface area contributed by atoms with Crippen LogP contribution >= 0.6 is 0 Å². The van der Waals surface area contributed by atoms with Crippen molar-refractivity contribution in [1.82, 2.24) is 10.2 Å². The Bertz CT molecular complexity index is 451. The zero-order chi connectivity index (χ0) is 15.6. The first-order chi connectivity index (χ1) is 10.0. The molecule has 1 unspecified atom stereocenters. The molecule has 7 nitrogen and oxygen atoms in total. The third-order valence-corrected chi connectivity index (χ3v) is 3.75. The van der Waals surface area contributed by atoms with Crippen LogP contribution in [0.2, 0.25) is 0 Å². The Morgan fingerprint density at radius 1 is 1.33 bits per heavy atom. The van der Waals surface area contributed by atoms with Gasteiger partial charge in [0.15, 0.2) is 0 Å². The van der Waals surface area contributed by atoms with E-state index in [9.17, 15) is 4.79 Å². The monoisotopic (exact) mass is 298 g/mol. The summed E-state index contributed by atoms with van der Waals surface area (Å²) in [5, 5.41) is 2.70. The molecule has 0 aromatic carbocycles.